The molecule has 0 saturated carbocycles. The van der Waals surface area contributed by atoms with Crippen molar-refractivity contribution in [3.8, 4) is 0 Å². The van der Waals surface area contributed by atoms with Gasteiger partial charge in [0.05, 0.1) is 22.6 Å². The molecule has 0 aliphatic carbocycles. The Hall–Kier alpha value is -2.00. The molecule has 4 heteroatoms. The van der Waals surface area contributed by atoms with Gasteiger partial charge < -0.3 is 10.6 Å². The fourth-order valence-corrected chi connectivity index (χ4v) is 1.83. The van der Waals surface area contributed by atoms with Crippen LogP contribution < -0.4 is 10.6 Å². The van der Waals surface area contributed by atoms with Crippen molar-refractivity contribution in [3.05, 3.63) is 54.1 Å². The van der Waals surface area contributed by atoms with Crippen LogP contribution >= 0.6 is 12.4 Å². The lowest BCUT2D eigenvalue weighted by molar-refractivity contribution is 0.102. The number of hydrogen-bond acceptors (Lipinski definition) is 2. The van der Waals surface area contributed by atoms with Crippen LogP contribution in [0.1, 0.15) is 10.4 Å². The Labute approximate surface area is 105 Å². The molecule has 1 heterocycles. The molecule has 3 rings (SSSR count). The number of halogens is 1. The largest absolute Gasteiger partial charge is 0.353 e. The van der Waals surface area contributed by atoms with E-state index in [0.717, 1.165) is 17.1 Å². The van der Waals surface area contributed by atoms with Gasteiger partial charge in [-0.3, -0.25) is 4.79 Å². The van der Waals surface area contributed by atoms with Gasteiger partial charge >= 0.3 is 0 Å². The molecule has 0 radical (unpaired) electrons. The Morgan fingerprint density at radius 1 is 0.706 bits per heavy atom. The number of para-hydroxylation sites is 3. The zero-order valence-electron chi connectivity index (χ0n) is 8.94. The van der Waals surface area contributed by atoms with Gasteiger partial charge in [0.25, 0.3) is 5.91 Å². The van der Waals surface area contributed by atoms with Crippen molar-refractivity contribution in [1.29, 1.82) is 0 Å². The summed E-state index contributed by atoms with van der Waals surface area (Å²) in [6.45, 7) is 0. The van der Waals surface area contributed by atoms with Crippen LogP contribution in [0.2, 0.25) is 0 Å². The summed E-state index contributed by atoms with van der Waals surface area (Å²) in [5, 5.41) is 6.13. The number of rotatable bonds is 0. The third-order valence-electron chi connectivity index (χ3n) is 2.62. The maximum absolute atomic E-state index is 11.9. The number of anilines is 3. The van der Waals surface area contributed by atoms with Crippen molar-refractivity contribution in [2.45, 2.75) is 0 Å². The number of fused-ring (bicyclic) bond motifs is 2. The third-order valence-corrected chi connectivity index (χ3v) is 2.62. The minimum Gasteiger partial charge on any atom is -0.353 e. The van der Waals surface area contributed by atoms with Gasteiger partial charge in [0, 0.05) is 0 Å². The molecule has 2 aromatic rings. The van der Waals surface area contributed by atoms with Crippen LogP contribution in [0.3, 0.4) is 0 Å². The number of carbonyl (C=O) groups excluding carboxylic acids is 1. The summed E-state index contributed by atoms with van der Waals surface area (Å²) >= 11 is 0. The molecule has 0 aromatic heterocycles. The van der Waals surface area contributed by atoms with E-state index in [1.807, 2.05) is 48.5 Å². The minimum absolute atomic E-state index is 0. The average molecular weight is 247 g/mol. The molecule has 17 heavy (non-hydrogen) atoms. The molecule has 2 N–H and O–H groups in total. The highest BCUT2D eigenvalue weighted by Crippen LogP contribution is 2.31. The molecular formula is C13H11ClN2O. The molecule has 0 saturated heterocycles. The lowest BCUT2D eigenvalue weighted by Crippen LogP contribution is -2.10. The molecule has 86 valence electrons. The maximum atomic E-state index is 11.9. The fourth-order valence-electron chi connectivity index (χ4n) is 1.83. The van der Waals surface area contributed by atoms with Crippen LogP contribution in [0, 0.1) is 0 Å². The first-order valence-electron chi connectivity index (χ1n) is 5.11. The summed E-state index contributed by atoms with van der Waals surface area (Å²) in [6.07, 6.45) is 0. The third kappa shape index (κ3) is 1.97. The standard InChI is InChI=1S/C13H10N2O.ClH/c16-13-9-5-1-2-6-10(9)14-11-7-3-4-8-12(11)15-13;/h1-8,14H,(H,15,16);1H. The fraction of sp³-hybridized carbons (Fsp3) is 0. The molecule has 0 bridgehead atoms. The zero-order chi connectivity index (χ0) is 11.0. The zero-order valence-corrected chi connectivity index (χ0v) is 9.75. The lowest BCUT2D eigenvalue weighted by Gasteiger charge is -2.07. The first kappa shape index (κ1) is 11.5. The number of hydrogen-bond donors (Lipinski definition) is 2. The molecule has 1 aliphatic heterocycles. The van der Waals surface area contributed by atoms with E-state index < -0.39 is 0 Å². The maximum Gasteiger partial charge on any atom is 0.257 e. The molecule has 0 atom stereocenters. The molecular weight excluding hydrogens is 236 g/mol. The first-order chi connectivity index (χ1) is 7.84. The molecule has 1 amide bonds. The topological polar surface area (TPSA) is 41.1 Å². The smallest absolute Gasteiger partial charge is 0.257 e. The van der Waals surface area contributed by atoms with E-state index in [9.17, 15) is 4.79 Å². The molecule has 3 nitrogen and oxygen atoms in total. The Kier molecular flexibility index (Phi) is 3.02. The van der Waals surface area contributed by atoms with Crippen molar-refractivity contribution in [2.24, 2.45) is 0 Å². The summed E-state index contributed by atoms with van der Waals surface area (Å²) in [7, 11) is 0. The molecule has 0 spiro atoms. The van der Waals surface area contributed by atoms with Crippen LogP contribution in [0.4, 0.5) is 17.1 Å². The second-order valence-electron chi connectivity index (χ2n) is 3.67. The van der Waals surface area contributed by atoms with Crippen molar-refractivity contribution in [3.63, 3.8) is 0 Å². The van der Waals surface area contributed by atoms with E-state index in [1.165, 1.54) is 0 Å². The van der Waals surface area contributed by atoms with Gasteiger partial charge in [-0.25, -0.2) is 0 Å². The highest BCUT2D eigenvalue weighted by molar-refractivity contribution is 6.11. The van der Waals surface area contributed by atoms with Gasteiger partial charge in [-0.2, -0.15) is 0 Å². The Balaban J connectivity index is 0.00000108. The van der Waals surface area contributed by atoms with E-state index in [2.05, 4.69) is 10.6 Å². The van der Waals surface area contributed by atoms with Crippen LogP contribution in [-0.4, -0.2) is 5.91 Å². The van der Waals surface area contributed by atoms with Gasteiger partial charge in [-0.15, -0.1) is 12.4 Å². The predicted octanol–water partition coefficient (Wildman–Crippen LogP) is 3.42. The van der Waals surface area contributed by atoms with Crippen LogP contribution in [0.15, 0.2) is 48.5 Å². The average Bonchev–Trinajstić information content (AvgIpc) is 2.45. The predicted molar refractivity (Wildman–Crippen MR) is 71.4 cm³/mol. The van der Waals surface area contributed by atoms with Crippen molar-refractivity contribution < 1.29 is 4.79 Å². The number of nitrogens with one attached hydrogen (secondary N) is 2. The Bertz CT molecular complexity index is 569. The van der Waals surface area contributed by atoms with Gasteiger partial charge in [0.15, 0.2) is 0 Å². The van der Waals surface area contributed by atoms with Gasteiger partial charge in [-0.05, 0) is 24.3 Å². The van der Waals surface area contributed by atoms with Crippen LogP contribution in [-0.2, 0) is 0 Å². The van der Waals surface area contributed by atoms with Gasteiger partial charge in [0.2, 0.25) is 0 Å². The number of amides is 1. The van der Waals surface area contributed by atoms with E-state index in [4.69, 9.17) is 0 Å². The summed E-state index contributed by atoms with van der Waals surface area (Å²) in [6, 6.07) is 15.1. The SMILES string of the molecule is Cl.O=C1Nc2ccccc2Nc2ccccc21. The number of carbonyl (C=O) groups is 1. The second-order valence-corrected chi connectivity index (χ2v) is 3.67. The molecule has 1 aliphatic rings. The van der Waals surface area contributed by atoms with E-state index in [0.29, 0.717) is 5.56 Å². The highest BCUT2D eigenvalue weighted by Gasteiger charge is 2.17. The summed E-state index contributed by atoms with van der Waals surface area (Å²) < 4.78 is 0. The monoisotopic (exact) mass is 246 g/mol. The summed E-state index contributed by atoms with van der Waals surface area (Å²) in [5.41, 5.74) is 3.23. The van der Waals surface area contributed by atoms with Crippen LogP contribution in [0.25, 0.3) is 0 Å². The second kappa shape index (κ2) is 4.47. The summed E-state index contributed by atoms with van der Waals surface area (Å²) in [4.78, 5) is 11.9. The first-order valence-corrected chi connectivity index (χ1v) is 5.11. The van der Waals surface area contributed by atoms with Crippen molar-refractivity contribution in [1.82, 2.24) is 0 Å². The highest BCUT2D eigenvalue weighted by atomic mass is 35.5. The quantitative estimate of drug-likeness (QED) is 0.748. The van der Waals surface area contributed by atoms with Crippen molar-refractivity contribution in [2.75, 3.05) is 10.6 Å². The molecule has 2 aromatic carbocycles. The Morgan fingerprint density at radius 3 is 1.94 bits per heavy atom. The summed E-state index contributed by atoms with van der Waals surface area (Å²) in [5.74, 6) is -0.0759. The van der Waals surface area contributed by atoms with E-state index in [-0.39, 0.29) is 18.3 Å². The molecule has 0 fully saturated rings. The van der Waals surface area contributed by atoms with Crippen molar-refractivity contribution >= 4 is 35.4 Å². The normalized spacial score (nSPS) is 12.1. The Morgan fingerprint density at radius 2 is 1.24 bits per heavy atom. The van der Waals surface area contributed by atoms with E-state index in [1.54, 1.807) is 0 Å². The lowest BCUT2D eigenvalue weighted by atomic mass is 10.1. The van der Waals surface area contributed by atoms with Gasteiger partial charge in [0.1, 0.15) is 0 Å². The minimum atomic E-state index is -0.0759. The van der Waals surface area contributed by atoms with Gasteiger partial charge in [-0.1, -0.05) is 24.3 Å². The van der Waals surface area contributed by atoms with Crippen LogP contribution in [0.5, 0.6) is 0 Å². The van der Waals surface area contributed by atoms with E-state index >= 15 is 0 Å². The number of benzene rings is 2. The molecule has 0 unspecified atom stereocenters.